The molecular weight excluding hydrogens is 639 g/mol. The first-order valence-electron chi connectivity index (χ1n) is 15.7. The normalized spacial score (nSPS) is 10.8. The summed E-state index contributed by atoms with van der Waals surface area (Å²) in [6.45, 7) is 11.5. The lowest BCUT2D eigenvalue weighted by molar-refractivity contribution is 0.216. The van der Waals surface area contributed by atoms with Gasteiger partial charge >= 0.3 is 24.8 Å². The van der Waals surface area contributed by atoms with E-state index in [0.29, 0.717) is 73.6 Å². The molecule has 0 unspecified atom stereocenters. The summed E-state index contributed by atoms with van der Waals surface area (Å²) in [5.41, 5.74) is 1.78. The van der Waals surface area contributed by atoms with E-state index in [4.69, 9.17) is 25.4 Å². The minimum atomic E-state index is -3.54. The Labute approximate surface area is 282 Å². The summed E-state index contributed by atoms with van der Waals surface area (Å²) in [6, 6.07) is 19.7. The van der Waals surface area contributed by atoms with E-state index in [-0.39, 0.29) is 18.1 Å². The van der Waals surface area contributed by atoms with Gasteiger partial charge in [-0.3, -0.25) is 0 Å². The molecule has 3 rings (SSSR count). The number of hydrogen-bond donors (Lipinski definition) is 3. The van der Waals surface area contributed by atoms with Gasteiger partial charge in [0.05, 0.1) is 0 Å². The van der Waals surface area contributed by atoms with Crippen LogP contribution in [0.1, 0.15) is 41.5 Å². The van der Waals surface area contributed by atoms with Gasteiger partial charge in [-0.2, -0.15) is 0 Å². The van der Waals surface area contributed by atoms with E-state index in [2.05, 4.69) is 16.0 Å². The minimum Gasteiger partial charge on any atom is -0.407 e. The predicted molar refractivity (Wildman–Crippen MR) is 191 cm³/mol. The topological polar surface area (TPSA) is 125 Å². The van der Waals surface area contributed by atoms with Crippen molar-refractivity contribution >= 4 is 53.7 Å². The molecule has 0 aliphatic carbocycles. The average Bonchev–Trinajstić information content (AvgIpc) is 3.05. The third kappa shape index (κ3) is 11.1. The van der Waals surface area contributed by atoms with Gasteiger partial charge in [0.1, 0.15) is 17.2 Å². The molecule has 6 amide bonds. The maximum Gasteiger partial charge on any atom is 0.490 e. The van der Waals surface area contributed by atoms with Gasteiger partial charge < -0.3 is 44.2 Å². The van der Waals surface area contributed by atoms with E-state index in [1.165, 1.54) is 0 Å². The number of nitrogens with one attached hydrogen (secondary N) is 3. The van der Waals surface area contributed by atoms with Gasteiger partial charge in [0.15, 0.2) is 0 Å². The van der Waals surface area contributed by atoms with E-state index >= 15 is 0 Å². The fraction of sp³-hybridized carbons (Fsp3) is 0.364. The Balaban J connectivity index is 1.81. The maximum absolute atomic E-state index is 12.5. The molecular formula is C33H45N6O6PS. The van der Waals surface area contributed by atoms with Crippen molar-refractivity contribution in [2.45, 2.75) is 41.5 Å². The summed E-state index contributed by atoms with van der Waals surface area (Å²) in [6.07, 6.45) is 0. The highest BCUT2D eigenvalue weighted by Crippen LogP contribution is 2.50. The molecule has 3 aromatic rings. The van der Waals surface area contributed by atoms with Crippen LogP contribution in [0, 0.1) is 0 Å². The van der Waals surface area contributed by atoms with Crippen molar-refractivity contribution in [1.82, 2.24) is 14.7 Å². The first-order valence-corrected chi connectivity index (χ1v) is 18.3. The van der Waals surface area contributed by atoms with Crippen LogP contribution < -0.4 is 29.5 Å². The summed E-state index contributed by atoms with van der Waals surface area (Å²) in [7, 11) is 0. The Hall–Kier alpha value is -4.48. The van der Waals surface area contributed by atoms with Crippen molar-refractivity contribution in [3.63, 3.8) is 0 Å². The van der Waals surface area contributed by atoms with Crippen molar-refractivity contribution in [2.75, 3.05) is 55.2 Å². The zero-order valence-electron chi connectivity index (χ0n) is 27.8. The van der Waals surface area contributed by atoms with Gasteiger partial charge in [0.25, 0.3) is 0 Å². The molecule has 0 fully saturated rings. The van der Waals surface area contributed by atoms with Crippen LogP contribution in [-0.4, -0.2) is 72.1 Å². The number of benzene rings is 3. The lowest BCUT2D eigenvalue weighted by Crippen LogP contribution is -2.34. The Morgan fingerprint density at radius 3 is 0.894 bits per heavy atom. The molecule has 0 saturated heterocycles. The maximum atomic E-state index is 12.5. The SMILES string of the molecule is CCN(CC)C(=O)Nc1ccc(OP(=S)(Oc2ccc(NC(=O)N(CC)CC)cc2)Oc2ccc(NC(=O)N(CC)CC)cc2)cc1. The summed E-state index contributed by atoms with van der Waals surface area (Å²) >= 11 is 5.87. The van der Waals surface area contributed by atoms with Crippen molar-refractivity contribution < 1.29 is 28.0 Å². The standard InChI is InChI=1S/C33H45N6O6PS/c1-7-37(8-2)31(40)34-25-13-19-28(20-14-25)43-46(47,44-29-21-15-26(16-22-29)35-32(41)38(9-3)10-4)45-30-23-17-27(18-24-30)36-33(42)39(11-5)12-6/h13-24H,7-12H2,1-6H3,(H,34,40)(H,35,41)(H,36,42). The molecule has 0 spiro atoms. The quantitative estimate of drug-likeness (QED) is 0.138. The number of rotatable bonds is 15. The molecule has 0 radical (unpaired) electrons. The molecule has 3 aromatic carbocycles. The van der Waals surface area contributed by atoms with Crippen LogP contribution in [0.3, 0.4) is 0 Å². The van der Waals surface area contributed by atoms with Crippen molar-refractivity contribution in [3.05, 3.63) is 72.8 Å². The highest BCUT2D eigenvalue weighted by Gasteiger charge is 2.27. The average molecular weight is 685 g/mol. The second-order valence-corrected chi connectivity index (χ2v) is 12.9. The molecule has 0 saturated carbocycles. The molecule has 3 N–H and O–H groups in total. The Bertz CT molecular complexity index is 1320. The van der Waals surface area contributed by atoms with Crippen LogP contribution in [0.15, 0.2) is 72.8 Å². The molecule has 0 atom stereocenters. The number of hydrogen-bond acceptors (Lipinski definition) is 7. The van der Waals surface area contributed by atoms with E-state index in [0.717, 1.165) is 0 Å². The molecule has 0 aromatic heterocycles. The molecule has 14 heteroatoms. The second-order valence-electron chi connectivity index (χ2n) is 10.1. The van der Waals surface area contributed by atoms with E-state index in [1.807, 2.05) is 41.5 Å². The fourth-order valence-corrected chi connectivity index (χ4v) is 6.41. The molecule has 0 aliphatic rings. The molecule has 47 heavy (non-hydrogen) atoms. The zero-order chi connectivity index (χ0) is 34.4. The van der Waals surface area contributed by atoms with E-state index in [1.54, 1.807) is 87.5 Å². The molecule has 0 heterocycles. The highest BCUT2D eigenvalue weighted by molar-refractivity contribution is 8.08. The predicted octanol–water partition coefficient (Wildman–Crippen LogP) is 8.07. The van der Waals surface area contributed by atoms with Gasteiger partial charge in [-0.25, -0.2) is 14.4 Å². The van der Waals surface area contributed by atoms with Crippen molar-refractivity contribution in [1.29, 1.82) is 0 Å². The lowest BCUT2D eigenvalue weighted by atomic mass is 10.3. The molecule has 0 aliphatic heterocycles. The molecule has 0 bridgehead atoms. The van der Waals surface area contributed by atoms with Gasteiger partial charge in [-0.1, -0.05) is 0 Å². The molecule has 254 valence electrons. The van der Waals surface area contributed by atoms with Crippen LogP contribution in [0.4, 0.5) is 31.4 Å². The number of anilines is 3. The second kappa shape index (κ2) is 18.0. The van der Waals surface area contributed by atoms with Gasteiger partial charge in [0, 0.05) is 68.1 Å². The summed E-state index contributed by atoms with van der Waals surface area (Å²) < 4.78 is 18.5. The van der Waals surface area contributed by atoms with Crippen LogP contribution >= 0.6 is 6.72 Å². The van der Waals surface area contributed by atoms with E-state index in [9.17, 15) is 14.4 Å². The first kappa shape index (κ1) is 37.0. The van der Waals surface area contributed by atoms with Crippen LogP contribution in [0.25, 0.3) is 0 Å². The summed E-state index contributed by atoms with van der Waals surface area (Å²) in [4.78, 5) is 42.4. The van der Waals surface area contributed by atoms with Crippen LogP contribution in [0.2, 0.25) is 0 Å². The number of carbonyl (C=O) groups excluding carboxylic acids is 3. The van der Waals surface area contributed by atoms with E-state index < -0.39 is 6.72 Å². The van der Waals surface area contributed by atoms with Gasteiger partial charge in [-0.15, -0.1) is 0 Å². The fourth-order valence-electron chi connectivity index (χ4n) is 4.38. The summed E-state index contributed by atoms with van der Waals surface area (Å²) in [5, 5.41) is 8.60. The number of carbonyl (C=O) groups is 3. The Kier molecular flexibility index (Phi) is 14.2. The van der Waals surface area contributed by atoms with Gasteiger partial charge in [0.2, 0.25) is 0 Å². The highest BCUT2D eigenvalue weighted by atomic mass is 32.5. The Morgan fingerprint density at radius 1 is 0.489 bits per heavy atom. The largest absolute Gasteiger partial charge is 0.490 e. The van der Waals surface area contributed by atoms with Crippen molar-refractivity contribution in [2.24, 2.45) is 0 Å². The third-order valence-electron chi connectivity index (χ3n) is 7.12. The number of nitrogens with zero attached hydrogens (tertiary/aromatic N) is 3. The van der Waals surface area contributed by atoms with Crippen LogP contribution in [0.5, 0.6) is 17.2 Å². The smallest absolute Gasteiger partial charge is 0.407 e. The van der Waals surface area contributed by atoms with Crippen molar-refractivity contribution in [3.8, 4) is 17.2 Å². The summed E-state index contributed by atoms with van der Waals surface area (Å²) in [5.74, 6) is 1.13. The monoisotopic (exact) mass is 684 g/mol. The first-order chi connectivity index (χ1) is 22.6. The third-order valence-corrected chi connectivity index (χ3v) is 9.09. The minimum absolute atomic E-state index is 0.200. The number of amides is 6. The molecule has 12 nitrogen and oxygen atoms in total. The Morgan fingerprint density at radius 2 is 0.702 bits per heavy atom. The van der Waals surface area contributed by atoms with Gasteiger partial charge in [-0.05, 0) is 114 Å². The van der Waals surface area contributed by atoms with Crippen LogP contribution in [-0.2, 0) is 11.8 Å². The lowest BCUT2D eigenvalue weighted by Gasteiger charge is -2.24. The number of urea groups is 3. The zero-order valence-corrected chi connectivity index (χ0v) is 29.5.